The molecule has 35 heavy (non-hydrogen) atoms. The molecule has 0 bridgehead atoms. The molecule has 0 spiro atoms. The Balaban J connectivity index is 1.76. The zero-order valence-electron chi connectivity index (χ0n) is 19.2. The molecule has 2 heterocycles. The van der Waals surface area contributed by atoms with Gasteiger partial charge in [-0.1, -0.05) is 25.1 Å². The average Bonchev–Trinajstić information content (AvgIpc) is 3.26. The SMILES string of the molecule is CCC(O)c1ccc(-c2cc(C(N)=O)c(Nc3cccc(CNCC(=O)NCCO)n3)s2)c(F)c1. The van der Waals surface area contributed by atoms with Gasteiger partial charge in [-0.2, -0.15) is 0 Å². The van der Waals surface area contributed by atoms with Crippen LogP contribution >= 0.6 is 11.3 Å². The molecule has 3 rings (SSSR count). The van der Waals surface area contributed by atoms with E-state index in [4.69, 9.17) is 10.8 Å². The molecular weight excluding hydrogens is 473 g/mol. The third-order valence-corrected chi connectivity index (χ3v) is 6.19. The summed E-state index contributed by atoms with van der Waals surface area (Å²) in [6, 6.07) is 11.3. The summed E-state index contributed by atoms with van der Waals surface area (Å²) in [6.07, 6.45) is -0.279. The first-order chi connectivity index (χ1) is 16.8. The van der Waals surface area contributed by atoms with Crippen LogP contribution in [0.25, 0.3) is 10.4 Å². The number of aliphatic hydroxyl groups is 2. The number of benzene rings is 1. The monoisotopic (exact) mass is 501 g/mol. The van der Waals surface area contributed by atoms with E-state index in [1.807, 2.05) is 6.92 Å². The molecule has 186 valence electrons. The van der Waals surface area contributed by atoms with Gasteiger partial charge in [-0.05, 0) is 36.2 Å². The molecule has 0 aliphatic heterocycles. The van der Waals surface area contributed by atoms with E-state index in [1.54, 1.807) is 30.3 Å². The molecule has 0 saturated carbocycles. The predicted octanol–water partition coefficient (Wildman–Crippen LogP) is 2.43. The Morgan fingerprint density at radius 1 is 1.23 bits per heavy atom. The maximum Gasteiger partial charge on any atom is 0.251 e. The molecule has 3 aromatic rings. The number of aliphatic hydroxyl groups excluding tert-OH is 2. The van der Waals surface area contributed by atoms with Crippen LogP contribution in [0.4, 0.5) is 15.2 Å². The molecule has 0 fully saturated rings. The highest BCUT2D eigenvalue weighted by Gasteiger charge is 2.18. The molecule has 2 aromatic heterocycles. The van der Waals surface area contributed by atoms with Gasteiger partial charge in [0.2, 0.25) is 5.91 Å². The van der Waals surface area contributed by atoms with Gasteiger partial charge in [0.15, 0.2) is 0 Å². The number of hydrogen-bond donors (Lipinski definition) is 6. The number of rotatable bonds is 12. The lowest BCUT2D eigenvalue weighted by atomic mass is 10.0. The Hall–Kier alpha value is -3.38. The second-order valence-corrected chi connectivity index (χ2v) is 8.75. The van der Waals surface area contributed by atoms with Crippen molar-refractivity contribution in [2.45, 2.75) is 26.0 Å². The molecule has 0 saturated heterocycles. The summed E-state index contributed by atoms with van der Waals surface area (Å²) in [5, 5.41) is 27.7. The molecule has 11 heteroatoms. The number of amides is 2. The summed E-state index contributed by atoms with van der Waals surface area (Å²) in [6.45, 7) is 2.26. The van der Waals surface area contributed by atoms with E-state index in [0.717, 1.165) is 11.3 Å². The topological polar surface area (TPSA) is 150 Å². The highest BCUT2D eigenvalue weighted by atomic mass is 32.1. The Kier molecular flexibility index (Phi) is 9.26. The van der Waals surface area contributed by atoms with Crippen LogP contribution in [-0.4, -0.2) is 46.7 Å². The first-order valence-electron chi connectivity index (χ1n) is 11.0. The van der Waals surface area contributed by atoms with Gasteiger partial charge in [0.1, 0.15) is 16.6 Å². The van der Waals surface area contributed by atoms with Gasteiger partial charge in [0, 0.05) is 23.5 Å². The minimum absolute atomic E-state index is 0.0685. The van der Waals surface area contributed by atoms with Crippen molar-refractivity contribution in [1.29, 1.82) is 0 Å². The summed E-state index contributed by atoms with van der Waals surface area (Å²) in [5.74, 6) is -0.963. The smallest absolute Gasteiger partial charge is 0.251 e. The highest BCUT2D eigenvalue weighted by molar-refractivity contribution is 7.19. The van der Waals surface area contributed by atoms with Crippen molar-refractivity contribution in [3.05, 3.63) is 65.1 Å². The Morgan fingerprint density at radius 2 is 2.03 bits per heavy atom. The molecule has 0 radical (unpaired) electrons. The zero-order chi connectivity index (χ0) is 25.4. The molecule has 9 nitrogen and oxygen atoms in total. The van der Waals surface area contributed by atoms with Gasteiger partial charge in [-0.15, -0.1) is 11.3 Å². The fourth-order valence-electron chi connectivity index (χ4n) is 3.30. The second-order valence-electron chi connectivity index (χ2n) is 7.70. The van der Waals surface area contributed by atoms with E-state index >= 15 is 0 Å². The standard InChI is InChI=1S/C24H28FN5O4S/c1-2-19(32)14-6-7-16(18(25)10-14)20-11-17(23(26)34)24(35-20)30-21-5-3-4-15(29-21)12-27-13-22(33)28-8-9-31/h3-7,10-11,19,27,31-32H,2,8-9,12-13H2,1H3,(H2,26,34)(H,28,33)(H,29,30). The number of nitrogens with zero attached hydrogens (tertiary/aromatic N) is 1. The number of primary amides is 1. The molecular formula is C24H28FN5O4S. The van der Waals surface area contributed by atoms with Crippen LogP contribution < -0.4 is 21.7 Å². The number of pyridine rings is 1. The van der Waals surface area contributed by atoms with Crippen molar-refractivity contribution >= 4 is 34.0 Å². The average molecular weight is 502 g/mol. The van der Waals surface area contributed by atoms with Crippen molar-refractivity contribution in [2.75, 3.05) is 25.0 Å². The largest absolute Gasteiger partial charge is 0.395 e. The summed E-state index contributed by atoms with van der Waals surface area (Å²) in [5.41, 5.74) is 7.19. The molecule has 1 atom stereocenters. The Morgan fingerprint density at radius 3 is 2.71 bits per heavy atom. The van der Waals surface area contributed by atoms with Crippen LogP contribution in [-0.2, 0) is 11.3 Å². The number of anilines is 2. The number of halogens is 1. The molecule has 1 unspecified atom stereocenters. The minimum Gasteiger partial charge on any atom is -0.395 e. The molecule has 2 amide bonds. The first kappa shape index (κ1) is 26.2. The third kappa shape index (κ3) is 7.06. The Bertz CT molecular complexity index is 1190. The van der Waals surface area contributed by atoms with Crippen LogP contribution in [0.3, 0.4) is 0 Å². The molecule has 0 aliphatic carbocycles. The van der Waals surface area contributed by atoms with Gasteiger partial charge in [0.05, 0.1) is 30.5 Å². The lowest BCUT2D eigenvalue weighted by Gasteiger charge is -2.09. The summed E-state index contributed by atoms with van der Waals surface area (Å²) >= 11 is 1.16. The number of nitrogens with one attached hydrogen (secondary N) is 3. The van der Waals surface area contributed by atoms with Crippen molar-refractivity contribution in [2.24, 2.45) is 5.73 Å². The fourth-order valence-corrected chi connectivity index (χ4v) is 4.40. The first-order valence-corrected chi connectivity index (χ1v) is 11.9. The molecule has 7 N–H and O–H groups in total. The van der Waals surface area contributed by atoms with Crippen LogP contribution in [0.2, 0.25) is 0 Å². The normalized spacial score (nSPS) is 11.8. The van der Waals surface area contributed by atoms with Crippen LogP contribution in [0.5, 0.6) is 0 Å². The van der Waals surface area contributed by atoms with E-state index in [1.165, 1.54) is 12.1 Å². The molecule has 0 aliphatic rings. The van der Waals surface area contributed by atoms with Gasteiger partial charge in [-0.25, -0.2) is 9.37 Å². The van der Waals surface area contributed by atoms with Gasteiger partial charge >= 0.3 is 0 Å². The van der Waals surface area contributed by atoms with E-state index in [2.05, 4.69) is 20.9 Å². The van der Waals surface area contributed by atoms with Crippen molar-refractivity contribution in [3.8, 4) is 10.4 Å². The fraction of sp³-hybridized carbons (Fsp3) is 0.292. The summed E-state index contributed by atoms with van der Waals surface area (Å²) < 4.78 is 14.8. The van der Waals surface area contributed by atoms with E-state index in [9.17, 15) is 19.1 Å². The third-order valence-electron chi connectivity index (χ3n) is 5.10. The van der Waals surface area contributed by atoms with Crippen LogP contribution in [0, 0.1) is 5.82 Å². The maximum atomic E-state index is 14.8. The lowest BCUT2D eigenvalue weighted by molar-refractivity contribution is -0.120. The van der Waals surface area contributed by atoms with E-state index in [-0.39, 0.29) is 31.2 Å². The second kappa shape index (κ2) is 12.4. The van der Waals surface area contributed by atoms with Crippen molar-refractivity contribution in [1.82, 2.24) is 15.6 Å². The molecule has 1 aromatic carbocycles. The maximum absolute atomic E-state index is 14.8. The number of thiophene rings is 1. The summed E-state index contributed by atoms with van der Waals surface area (Å²) in [7, 11) is 0. The summed E-state index contributed by atoms with van der Waals surface area (Å²) in [4.78, 5) is 28.6. The van der Waals surface area contributed by atoms with Gasteiger partial charge < -0.3 is 31.9 Å². The number of carbonyl (C=O) groups is 2. The zero-order valence-corrected chi connectivity index (χ0v) is 20.0. The predicted molar refractivity (Wildman–Crippen MR) is 133 cm³/mol. The number of aromatic nitrogens is 1. The van der Waals surface area contributed by atoms with E-state index < -0.39 is 17.8 Å². The van der Waals surface area contributed by atoms with Crippen molar-refractivity contribution in [3.63, 3.8) is 0 Å². The van der Waals surface area contributed by atoms with Gasteiger partial charge in [0.25, 0.3) is 5.91 Å². The highest BCUT2D eigenvalue weighted by Crippen LogP contribution is 2.38. The van der Waals surface area contributed by atoms with Crippen LogP contribution in [0.1, 0.15) is 41.1 Å². The number of nitrogens with two attached hydrogens (primary N) is 1. The Labute approximate surface area is 206 Å². The number of carbonyl (C=O) groups excluding carboxylic acids is 2. The van der Waals surface area contributed by atoms with Crippen molar-refractivity contribution < 1.29 is 24.2 Å². The van der Waals surface area contributed by atoms with E-state index in [0.29, 0.717) is 45.5 Å². The number of hydrogen-bond acceptors (Lipinski definition) is 8. The van der Waals surface area contributed by atoms with Crippen LogP contribution in [0.15, 0.2) is 42.5 Å². The lowest BCUT2D eigenvalue weighted by Crippen LogP contribution is -2.35. The quantitative estimate of drug-likeness (QED) is 0.223. The van der Waals surface area contributed by atoms with Gasteiger partial charge in [-0.3, -0.25) is 9.59 Å². The minimum atomic E-state index is -0.747.